The molecule has 4 heterocycles. The molecule has 1 aliphatic heterocycles. The van der Waals surface area contributed by atoms with Crippen LogP contribution >= 0.6 is 22.7 Å². The Morgan fingerprint density at radius 3 is 2.70 bits per heavy atom. The Balaban J connectivity index is 1.09. The standard InChI is InChI=1S/C21H21N5O2S2/c27-19(24-21-23-15-4-1-2-6-18(15)30-21)12-25-7-9-26(10-8-25)13-20-22-16(14-29-20)17-5-3-11-28-17/h1-6,11,14H,7-10,12-13H2,(H,23,24,27). The van der Waals surface area contributed by atoms with E-state index in [-0.39, 0.29) is 5.91 Å². The molecule has 1 fully saturated rings. The van der Waals surface area contributed by atoms with E-state index in [0.29, 0.717) is 11.7 Å². The van der Waals surface area contributed by atoms with Crippen molar-refractivity contribution in [1.82, 2.24) is 19.8 Å². The summed E-state index contributed by atoms with van der Waals surface area (Å²) in [6, 6.07) is 11.7. The van der Waals surface area contributed by atoms with Gasteiger partial charge in [0.15, 0.2) is 10.9 Å². The van der Waals surface area contributed by atoms with Gasteiger partial charge in [0.1, 0.15) is 10.7 Å². The zero-order valence-corrected chi connectivity index (χ0v) is 17.9. The highest BCUT2D eigenvalue weighted by molar-refractivity contribution is 7.22. The van der Waals surface area contributed by atoms with Gasteiger partial charge in [-0.2, -0.15) is 0 Å². The minimum absolute atomic E-state index is 0.00878. The average molecular weight is 440 g/mol. The highest BCUT2D eigenvalue weighted by Gasteiger charge is 2.20. The fourth-order valence-electron chi connectivity index (χ4n) is 3.51. The van der Waals surface area contributed by atoms with Crippen LogP contribution in [0.3, 0.4) is 0 Å². The Bertz CT molecular complexity index is 1100. The van der Waals surface area contributed by atoms with E-state index >= 15 is 0 Å². The monoisotopic (exact) mass is 439 g/mol. The lowest BCUT2D eigenvalue weighted by atomic mass is 10.3. The number of amides is 1. The number of anilines is 1. The van der Waals surface area contributed by atoms with Gasteiger partial charge < -0.3 is 9.73 Å². The largest absolute Gasteiger partial charge is 0.463 e. The highest BCUT2D eigenvalue weighted by Crippen LogP contribution is 2.25. The predicted octanol–water partition coefficient (Wildman–Crippen LogP) is 3.77. The molecule has 0 unspecified atom stereocenters. The molecule has 0 saturated carbocycles. The van der Waals surface area contributed by atoms with Crippen LogP contribution in [-0.4, -0.2) is 58.4 Å². The third-order valence-electron chi connectivity index (χ3n) is 5.06. The number of fused-ring (bicyclic) bond motifs is 1. The van der Waals surface area contributed by atoms with E-state index in [2.05, 4.69) is 25.1 Å². The van der Waals surface area contributed by atoms with Gasteiger partial charge in [0.2, 0.25) is 5.91 Å². The van der Waals surface area contributed by atoms with E-state index < -0.39 is 0 Å². The molecule has 1 N–H and O–H groups in total. The van der Waals surface area contributed by atoms with Crippen LogP contribution in [0.1, 0.15) is 5.01 Å². The first-order chi connectivity index (χ1) is 14.7. The van der Waals surface area contributed by atoms with Crippen LogP contribution in [0.15, 0.2) is 52.5 Å². The van der Waals surface area contributed by atoms with Gasteiger partial charge in [0.25, 0.3) is 0 Å². The molecule has 30 heavy (non-hydrogen) atoms. The number of aromatic nitrogens is 2. The van der Waals surface area contributed by atoms with E-state index in [1.54, 1.807) is 17.6 Å². The van der Waals surface area contributed by atoms with Crippen molar-refractivity contribution >= 4 is 43.9 Å². The van der Waals surface area contributed by atoms with Crippen molar-refractivity contribution in [1.29, 1.82) is 0 Å². The number of rotatable bonds is 6. The van der Waals surface area contributed by atoms with Gasteiger partial charge >= 0.3 is 0 Å². The van der Waals surface area contributed by atoms with Crippen LogP contribution in [0.5, 0.6) is 0 Å². The normalized spacial score (nSPS) is 15.6. The van der Waals surface area contributed by atoms with Gasteiger partial charge in [-0.25, -0.2) is 9.97 Å². The van der Waals surface area contributed by atoms with Crippen LogP contribution in [0.4, 0.5) is 5.13 Å². The fourth-order valence-corrected chi connectivity index (χ4v) is 5.21. The van der Waals surface area contributed by atoms with Crippen molar-refractivity contribution in [3.63, 3.8) is 0 Å². The molecule has 1 aromatic carbocycles. The summed E-state index contributed by atoms with van der Waals surface area (Å²) in [5.74, 6) is 0.798. The van der Waals surface area contributed by atoms with Crippen molar-refractivity contribution in [2.75, 3.05) is 38.0 Å². The van der Waals surface area contributed by atoms with Crippen LogP contribution in [0, 0.1) is 0 Å². The lowest BCUT2D eigenvalue weighted by Gasteiger charge is -2.33. The third-order valence-corrected chi connectivity index (χ3v) is 6.84. The molecule has 7 nitrogen and oxygen atoms in total. The molecular weight excluding hydrogens is 418 g/mol. The molecule has 0 radical (unpaired) electrons. The summed E-state index contributed by atoms with van der Waals surface area (Å²) < 4.78 is 6.50. The molecule has 0 aliphatic carbocycles. The molecular formula is C21H21N5O2S2. The Kier molecular flexibility index (Phi) is 5.58. The molecule has 0 spiro atoms. The van der Waals surface area contributed by atoms with Crippen LogP contribution in [0.2, 0.25) is 0 Å². The second-order valence-electron chi connectivity index (χ2n) is 7.19. The summed E-state index contributed by atoms with van der Waals surface area (Å²) >= 11 is 3.17. The number of nitrogens with zero attached hydrogens (tertiary/aromatic N) is 4. The van der Waals surface area contributed by atoms with Gasteiger partial charge in [-0.3, -0.25) is 14.6 Å². The molecule has 3 aromatic heterocycles. The first-order valence-corrected chi connectivity index (χ1v) is 11.5. The van der Waals surface area contributed by atoms with Gasteiger partial charge in [0, 0.05) is 31.6 Å². The maximum Gasteiger partial charge on any atom is 0.240 e. The number of para-hydroxylation sites is 1. The quantitative estimate of drug-likeness (QED) is 0.493. The lowest BCUT2D eigenvalue weighted by Crippen LogP contribution is -2.48. The summed E-state index contributed by atoms with van der Waals surface area (Å²) in [5.41, 5.74) is 1.81. The smallest absolute Gasteiger partial charge is 0.240 e. The van der Waals surface area contributed by atoms with Gasteiger partial charge in [-0.15, -0.1) is 11.3 Å². The zero-order valence-electron chi connectivity index (χ0n) is 16.3. The van der Waals surface area contributed by atoms with E-state index in [1.807, 2.05) is 41.8 Å². The fraction of sp³-hybridized carbons (Fsp3) is 0.286. The molecule has 9 heteroatoms. The van der Waals surface area contributed by atoms with Crippen molar-refractivity contribution in [3.05, 3.63) is 53.0 Å². The maximum absolute atomic E-state index is 12.4. The number of carbonyl (C=O) groups excluding carboxylic acids is 1. The number of hydrogen-bond acceptors (Lipinski definition) is 8. The van der Waals surface area contributed by atoms with Crippen LogP contribution < -0.4 is 5.32 Å². The van der Waals surface area contributed by atoms with Crippen molar-refractivity contribution in [3.8, 4) is 11.5 Å². The lowest BCUT2D eigenvalue weighted by molar-refractivity contribution is -0.117. The maximum atomic E-state index is 12.4. The molecule has 0 atom stereocenters. The predicted molar refractivity (Wildman–Crippen MR) is 120 cm³/mol. The first-order valence-electron chi connectivity index (χ1n) is 9.81. The van der Waals surface area contributed by atoms with Crippen molar-refractivity contribution in [2.24, 2.45) is 0 Å². The number of nitrogens with one attached hydrogen (secondary N) is 1. The number of furan rings is 1. The van der Waals surface area contributed by atoms with Crippen molar-refractivity contribution in [2.45, 2.75) is 6.54 Å². The summed E-state index contributed by atoms with van der Waals surface area (Å²) in [5, 5.41) is 6.73. The molecule has 1 saturated heterocycles. The first kappa shape index (κ1) is 19.4. The number of thiazole rings is 2. The molecule has 1 aliphatic rings. The SMILES string of the molecule is O=C(CN1CCN(Cc2nc(-c3ccco3)cs2)CC1)Nc1nc2ccccc2s1. The molecule has 5 rings (SSSR count). The molecule has 4 aromatic rings. The van der Waals surface area contributed by atoms with Gasteiger partial charge in [0.05, 0.1) is 29.6 Å². The Morgan fingerprint density at radius 2 is 1.90 bits per heavy atom. The van der Waals surface area contributed by atoms with E-state index in [0.717, 1.165) is 59.4 Å². The Morgan fingerprint density at radius 1 is 1.07 bits per heavy atom. The number of benzene rings is 1. The number of carbonyl (C=O) groups is 1. The van der Waals surface area contributed by atoms with E-state index in [1.165, 1.54) is 11.3 Å². The second kappa shape index (κ2) is 8.65. The van der Waals surface area contributed by atoms with Gasteiger partial charge in [-0.1, -0.05) is 23.5 Å². The van der Waals surface area contributed by atoms with E-state index in [9.17, 15) is 4.79 Å². The summed E-state index contributed by atoms with van der Waals surface area (Å²) in [6.07, 6.45) is 1.67. The minimum atomic E-state index is -0.00878. The summed E-state index contributed by atoms with van der Waals surface area (Å²) in [4.78, 5) is 26.2. The topological polar surface area (TPSA) is 74.5 Å². The van der Waals surface area contributed by atoms with Gasteiger partial charge in [-0.05, 0) is 24.3 Å². The Labute approximate surface area is 182 Å². The average Bonchev–Trinajstić information content (AvgIpc) is 3.49. The summed E-state index contributed by atoms with van der Waals surface area (Å²) in [6.45, 7) is 4.79. The highest BCUT2D eigenvalue weighted by atomic mass is 32.1. The number of hydrogen-bond donors (Lipinski definition) is 1. The third kappa shape index (κ3) is 4.44. The van der Waals surface area contributed by atoms with Crippen LogP contribution in [0.25, 0.3) is 21.7 Å². The summed E-state index contributed by atoms with van der Waals surface area (Å²) in [7, 11) is 0. The number of piperazine rings is 1. The minimum Gasteiger partial charge on any atom is -0.463 e. The molecule has 0 bridgehead atoms. The van der Waals surface area contributed by atoms with E-state index in [4.69, 9.17) is 4.42 Å². The van der Waals surface area contributed by atoms with Crippen molar-refractivity contribution < 1.29 is 9.21 Å². The zero-order chi connectivity index (χ0) is 20.3. The van der Waals surface area contributed by atoms with Crippen LogP contribution in [-0.2, 0) is 11.3 Å². The Hall–Kier alpha value is -2.59. The molecule has 154 valence electrons. The second-order valence-corrected chi connectivity index (χ2v) is 9.16. The molecule has 1 amide bonds.